The number of hydrogen-bond acceptors (Lipinski definition) is 7. The van der Waals surface area contributed by atoms with Crippen LogP contribution in [0.2, 0.25) is 0 Å². The van der Waals surface area contributed by atoms with Crippen molar-refractivity contribution in [2.45, 2.75) is 43.8 Å². The number of benzene rings is 2. The lowest BCUT2D eigenvalue weighted by Crippen LogP contribution is -2.51. The Kier molecular flexibility index (Phi) is 6.16. The lowest BCUT2D eigenvalue weighted by atomic mass is 9.96. The third kappa shape index (κ3) is 4.32. The summed E-state index contributed by atoms with van der Waals surface area (Å²) in [5, 5.41) is 6.22. The van der Waals surface area contributed by atoms with Crippen LogP contribution in [0.25, 0.3) is 39.0 Å². The first kappa shape index (κ1) is 24.4. The van der Waals surface area contributed by atoms with Gasteiger partial charge in [0, 0.05) is 43.0 Å². The Labute approximate surface area is 227 Å². The average molecular weight is 525 g/mol. The van der Waals surface area contributed by atoms with Gasteiger partial charge in [-0.3, -0.25) is 4.98 Å². The van der Waals surface area contributed by atoms with Crippen molar-refractivity contribution in [3.05, 3.63) is 60.6 Å². The molecule has 2 aromatic carbocycles. The van der Waals surface area contributed by atoms with Crippen LogP contribution >= 0.6 is 0 Å². The Balaban J connectivity index is 1.36. The minimum absolute atomic E-state index is 0.226. The van der Waals surface area contributed by atoms with E-state index in [2.05, 4.69) is 38.7 Å². The second kappa shape index (κ2) is 9.84. The maximum absolute atomic E-state index is 16.5. The first-order chi connectivity index (χ1) is 19.1. The smallest absolute Gasteiger partial charge is 0.319 e. The van der Waals surface area contributed by atoms with E-state index in [1.165, 1.54) is 0 Å². The fourth-order valence-electron chi connectivity index (χ4n) is 6.58. The second-order valence-electron chi connectivity index (χ2n) is 11.1. The van der Waals surface area contributed by atoms with Crippen LogP contribution in [0.1, 0.15) is 31.2 Å². The summed E-state index contributed by atoms with van der Waals surface area (Å²) in [5.41, 5.74) is 2.18. The number of likely N-dealkylation sites (tertiary alicyclic amines) is 1. The van der Waals surface area contributed by atoms with Crippen molar-refractivity contribution in [1.82, 2.24) is 25.2 Å². The van der Waals surface area contributed by atoms with Crippen molar-refractivity contribution < 1.29 is 9.13 Å². The van der Waals surface area contributed by atoms with Gasteiger partial charge in [-0.15, -0.1) is 0 Å². The number of ether oxygens (including phenoxy) is 1. The summed E-state index contributed by atoms with van der Waals surface area (Å²) in [6.07, 6.45) is 8.05. The Morgan fingerprint density at radius 1 is 1.10 bits per heavy atom. The molecule has 2 aromatic heterocycles. The van der Waals surface area contributed by atoms with Crippen molar-refractivity contribution in [3.8, 4) is 17.3 Å². The molecule has 3 aliphatic heterocycles. The quantitative estimate of drug-likeness (QED) is 0.379. The molecule has 4 aromatic rings. The normalized spacial score (nSPS) is 23.1. The van der Waals surface area contributed by atoms with E-state index < -0.39 is 5.82 Å². The van der Waals surface area contributed by atoms with E-state index in [0.717, 1.165) is 67.2 Å². The third-order valence-corrected chi connectivity index (χ3v) is 8.65. The molecule has 200 valence electrons. The molecule has 3 aliphatic rings. The predicted molar refractivity (Wildman–Crippen MR) is 154 cm³/mol. The SMILES string of the molecule is C=Cc1cccc2cccc(-c3ncc4c(N5C[C@H]6CC[C@@H](C5)N6)nc(OC[C@@H]5CCCN5C)nc4c3F)c12. The highest BCUT2D eigenvalue weighted by Crippen LogP contribution is 2.37. The molecule has 5 heterocycles. The number of likely N-dealkylation sites (N-methyl/N-ethyl adjacent to an activating group) is 1. The standard InChI is InChI=1S/C31H33FN6O/c1-3-19-7-4-8-20-9-5-11-24(26(19)20)28-27(32)29-25(15-33-28)30(38-16-21-12-13-22(17-38)34-21)36-31(35-29)39-18-23-10-6-14-37(23)2/h3-5,7-9,11,15,21-23,34H,1,6,10,12-14,16-18H2,2H3/t21-,22+,23-/m0/s1. The summed E-state index contributed by atoms with van der Waals surface area (Å²) in [6.45, 7) is 7.16. The molecule has 3 atom stereocenters. The summed E-state index contributed by atoms with van der Waals surface area (Å²) in [5.74, 6) is 0.249. The van der Waals surface area contributed by atoms with Gasteiger partial charge in [-0.05, 0) is 55.6 Å². The van der Waals surface area contributed by atoms with Crippen LogP contribution < -0.4 is 15.0 Å². The van der Waals surface area contributed by atoms with Crippen LogP contribution in [-0.2, 0) is 0 Å². The molecule has 1 N–H and O–H groups in total. The first-order valence-corrected chi connectivity index (χ1v) is 13.9. The molecule has 8 heteroatoms. The van der Waals surface area contributed by atoms with Gasteiger partial charge in [0.05, 0.1) is 5.39 Å². The largest absolute Gasteiger partial charge is 0.462 e. The van der Waals surface area contributed by atoms with Crippen molar-refractivity contribution in [2.75, 3.05) is 38.2 Å². The molecule has 7 nitrogen and oxygen atoms in total. The highest BCUT2D eigenvalue weighted by Gasteiger charge is 2.34. The lowest BCUT2D eigenvalue weighted by Gasteiger charge is -2.34. The second-order valence-corrected chi connectivity index (χ2v) is 11.1. The maximum Gasteiger partial charge on any atom is 0.319 e. The number of aromatic nitrogens is 3. The molecular weight excluding hydrogens is 491 g/mol. The van der Waals surface area contributed by atoms with E-state index in [4.69, 9.17) is 9.72 Å². The van der Waals surface area contributed by atoms with Gasteiger partial charge < -0.3 is 19.9 Å². The number of nitrogens with one attached hydrogen (secondary N) is 1. The molecule has 3 fully saturated rings. The maximum atomic E-state index is 16.5. The van der Waals surface area contributed by atoms with Crippen LogP contribution in [0.5, 0.6) is 6.01 Å². The summed E-state index contributed by atoms with van der Waals surface area (Å²) in [7, 11) is 2.11. The molecule has 0 radical (unpaired) electrons. The number of pyridine rings is 1. The molecule has 0 amide bonds. The van der Waals surface area contributed by atoms with Crippen molar-refractivity contribution in [1.29, 1.82) is 0 Å². The van der Waals surface area contributed by atoms with Crippen LogP contribution in [0, 0.1) is 5.82 Å². The minimum atomic E-state index is -0.455. The van der Waals surface area contributed by atoms with Gasteiger partial charge in [-0.25, -0.2) is 4.39 Å². The van der Waals surface area contributed by atoms with Gasteiger partial charge in [0.1, 0.15) is 23.6 Å². The summed E-state index contributed by atoms with van der Waals surface area (Å²) < 4.78 is 22.7. The molecule has 39 heavy (non-hydrogen) atoms. The van der Waals surface area contributed by atoms with E-state index in [1.807, 2.05) is 36.4 Å². The van der Waals surface area contributed by atoms with Gasteiger partial charge in [0.25, 0.3) is 0 Å². The average Bonchev–Trinajstić information content (AvgIpc) is 3.54. The summed E-state index contributed by atoms with van der Waals surface area (Å²) in [6, 6.07) is 13.2. The van der Waals surface area contributed by atoms with Crippen molar-refractivity contribution in [2.24, 2.45) is 0 Å². The third-order valence-electron chi connectivity index (χ3n) is 8.65. The number of fused-ring (bicyclic) bond motifs is 4. The van der Waals surface area contributed by atoms with E-state index in [1.54, 1.807) is 12.3 Å². The van der Waals surface area contributed by atoms with Crippen LogP contribution in [-0.4, -0.2) is 71.3 Å². The molecule has 2 bridgehead atoms. The zero-order chi connectivity index (χ0) is 26.5. The van der Waals surface area contributed by atoms with Gasteiger partial charge in [0.15, 0.2) is 5.82 Å². The Hall–Kier alpha value is -3.62. The Morgan fingerprint density at radius 3 is 2.64 bits per heavy atom. The first-order valence-electron chi connectivity index (χ1n) is 13.9. The van der Waals surface area contributed by atoms with Gasteiger partial charge >= 0.3 is 6.01 Å². The van der Waals surface area contributed by atoms with E-state index in [9.17, 15) is 0 Å². The number of hydrogen-bond donors (Lipinski definition) is 1. The molecule has 7 rings (SSSR count). The molecule has 0 saturated carbocycles. The highest BCUT2D eigenvalue weighted by atomic mass is 19.1. The van der Waals surface area contributed by atoms with Crippen molar-refractivity contribution in [3.63, 3.8) is 0 Å². The fourth-order valence-corrected chi connectivity index (χ4v) is 6.58. The van der Waals surface area contributed by atoms with Crippen LogP contribution in [0.3, 0.4) is 0 Å². The lowest BCUT2D eigenvalue weighted by molar-refractivity contribution is 0.188. The highest BCUT2D eigenvalue weighted by molar-refractivity contribution is 6.03. The topological polar surface area (TPSA) is 66.4 Å². The van der Waals surface area contributed by atoms with Crippen molar-refractivity contribution >= 4 is 33.6 Å². The Bertz CT molecular complexity index is 1560. The van der Waals surface area contributed by atoms with Crippen LogP contribution in [0.15, 0.2) is 49.2 Å². The summed E-state index contributed by atoms with van der Waals surface area (Å²) >= 11 is 0. The zero-order valence-corrected chi connectivity index (χ0v) is 22.2. The van der Waals surface area contributed by atoms with Gasteiger partial charge in [0.2, 0.25) is 0 Å². The van der Waals surface area contributed by atoms with E-state index >= 15 is 4.39 Å². The number of rotatable bonds is 6. The minimum Gasteiger partial charge on any atom is -0.462 e. The monoisotopic (exact) mass is 524 g/mol. The number of anilines is 1. The summed E-state index contributed by atoms with van der Waals surface area (Å²) in [4.78, 5) is 18.7. The van der Waals surface area contributed by atoms with Gasteiger partial charge in [-0.1, -0.05) is 49.1 Å². The van der Waals surface area contributed by atoms with Gasteiger partial charge in [-0.2, -0.15) is 9.97 Å². The predicted octanol–water partition coefficient (Wildman–Crippen LogP) is 5.04. The zero-order valence-electron chi connectivity index (χ0n) is 22.2. The fraction of sp³-hybridized carbons (Fsp3) is 0.387. The molecule has 0 spiro atoms. The van der Waals surface area contributed by atoms with E-state index in [-0.39, 0.29) is 17.2 Å². The molecule has 3 saturated heterocycles. The molecule has 0 unspecified atom stereocenters. The number of halogens is 1. The van der Waals surface area contributed by atoms with Crippen LogP contribution in [0.4, 0.5) is 10.2 Å². The molecular formula is C31H33FN6O. The molecule has 0 aliphatic carbocycles. The Morgan fingerprint density at radius 2 is 1.90 bits per heavy atom. The van der Waals surface area contributed by atoms with E-state index in [0.29, 0.717) is 35.9 Å². The number of nitrogens with zero attached hydrogens (tertiary/aromatic N) is 5. The number of piperazine rings is 1.